The van der Waals surface area contributed by atoms with Crippen LogP contribution >= 0.6 is 15.9 Å². The molecule has 98 valence electrons. The van der Waals surface area contributed by atoms with Gasteiger partial charge in [-0.1, -0.05) is 6.07 Å². The van der Waals surface area contributed by atoms with Gasteiger partial charge >= 0.3 is 0 Å². The van der Waals surface area contributed by atoms with Gasteiger partial charge < -0.3 is 9.40 Å². The molecule has 1 N–H and O–H groups in total. The number of aromatic nitrogens is 2. The van der Waals surface area contributed by atoms with Gasteiger partial charge in [0.1, 0.15) is 5.52 Å². The van der Waals surface area contributed by atoms with Crippen molar-refractivity contribution in [3.8, 4) is 11.6 Å². The van der Waals surface area contributed by atoms with Gasteiger partial charge in [0, 0.05) is 6.26 Å². The first-order valence-electron chi connectivity index (χ1n) is 5.39. The Morgan fingerprint density at radius 1 is 1.26 bits per heavy atom. The quantitative estimate of drug-likeness (QED) is 0.777. The monoisotopic (exact) mass is 340 g/mol. The Kier molecular flexibility index (Phi) is 2.75. The number of hydrogen-bond acceptors (Lipinski definition) is 4. The van der Waals surface area contributed by atoms with E-state index in [2.05, 4.69) is 25.9 Å². The molecule has 0 amide bonds. The zero-order chi connectivity index (χ0) is 13.6. The van der Waals surface area contributed by atoms with Crippen LogP contribution in [0.5, 0.6) is 0 Å². The molecule has 0 fully saturated rings. The van der Waals surface area contributed by atoms with E-state index in [9.17, 15) is 8.42 Å². The second-order valence-electron chi connectivity index (χ2n) is 4.11. The number of nitrogens with zero attached hydrogens (tertiary/aromatic N) is 1. The van der Waals surface area contributed by atoms with E-state index >= 15 is 0 Å². The molecule has 0 atom stereocenters. The number of furan rings is 1. The highest BCUT2D eigenvalue weighted by Gasteiger charge is 2.16. The van der Waals surface area contributed by atoms with Crippen LogP contribution in [0.2, 0.25) is 0 Å². The van der Waals surface area contributed by atoms with E-state index in [-0.39, 0.29) is 4.90 Å². The number of nitrogens with one attached hydrogen (secondary N) is 1. The number of halogens is 1. The van der Waals surface area contributed by atoms with Gasteiger partial charge in [-0.05, 0) is 40.2 Å². The molecule has 2 heterocycles. The smallest absolute Gasteiger partial charge is 0.177 e. The second-order valence-corrected chi connectivity index (χ2v) is 6.88. The van der Waals surface area contributed by atoms with E-state index in [1.165, 1.54) is 6.26 Å². The molecule has 0 aliphatic rings. The molecular formula is C12H9BrN2O3S. The normalized spacial score (nSPS) is 12.1. The molecular weight excluding hydrogens is 332 g/mol. The van der Waals surface area contributed by atoms with Crippen LogP contribution in [0.15, 0.2) is 44.3 Å². The molecule has 3 rings (SSSR count). The predicted octanol–water partition coefficient (Wildman–Crippen LogP) is 2.99. The number of rotatable bonds is 2. The Bertz CT molecular complexity index is 864. The van der Waals surface area contributed by atoms with Gasteiger partial charge in [0.05, 0.1) is 10.4 Å². The molecule has 0 spiro atoms. The molecule has 7 heteroatoms. The highest BCUT2D eigenvalue weighted by molar-refractivity contribution is 9.10. The Labute approximate surface area is 117 Å². The molecule has 1 aromatic carbocycles. The average Bonchev–Trinajstić information content (AvgIpc) is 2.92. The average molecular weight is 341 g/mol. The lowest BCUT2D eigenvalue weighted by Crippen LogP contribution is -1.97. The lowest BCUT2D eigenvalue weighted by atomic mass is 10.3. The summed E-state index contributed by atoms with van der Waals surface area (Å²) < 4.78 is 29.4. The van der Waals surface area contributed by atoms with E-state index in [4.69, 9.17) is 4.42 Å². The Hall–Kier alpha value is -1.60. The highest BCUT2D eigenvalue weighted by Crippen LogP contribution is 2.27. The summed E-state index contributed by atoms with van der Waals surface area (Å²) in [4.78, 5) is 7.57. The predicted molar refractivity (Wildman–Crippen MR) is 74.6 cm³/mol. The first-order valence-corrected chi connectivity index (χ1v) is 8.08. The van der Waals surface area contributed by atoms with Crippen LogP contribution in [-0.2, 0) is 9.84 Å². The summed E-state index contributed by atoms with van der Waals surface area (Å²) >= 11 is 3.22. The van der Waals surface area contributed by atoms with Crippen LogP contribution < -0.4 is 0 Å². The lowest BCUT2D eigenvalue weighted by Gasteiger charge is -1.97. The minimum absolute atomic E-state index is 0.207. The topological polar surface area (TPSA) is 76.0 Å². The van der Waals surface area contributed by atoms with E-state index in [0.29, 0.717) is 27.3 Å². The van der Waals surface area contributed by atoms with E-state index < -0.39 is 9.84 Å². The molecule has 0 saturated heterocycles. The second kappa shape index (κ2) is 4.21. The Morgan fingerprint density at radius 3 is 2.68 bits per heavy atom. The third-order valence-corrected chi connectivity index (χ3v) is 4.24. The van der Waals surface area contributed by atoms with Crippen LogP contribution in [0.25, 0.3) is 22.6 Å². The van der Waals surface area contributed by atoms with Crippen LogP contribution in [0.1, 0.15) is 0 Å². The van der Waals surface area contributed by atoms with E-state index in [1.807, 2.05) is 0 Å². The number of fused-ring (bicyclic) bond motifs is 1. The fraction of sp³-hybridized carbons (Fsp3) is 0.0833. The number of imidazole rings is 1. The van der Waals surface area contributed by atoms with Gasteiger partial charge in [0.2, 0.25) is 0 Å². The lowest BCUT2D eigenvalue weighted by molar-refractivity contribution is 0.552. The minimum atomic E-state index is -3.32. The largest absolute Gasteiger partial charge is 0.446 e. The molecule has 0 radical (unpaired) electrons. The van der Waals surface area contributed by atoms with Crippen molar-refractivity contribution in [2.45, 2.75) is 4.90 Å². The summed E-state index contributed by atoms with van der Waals surface area (Å²) in [6.45, 7) is 0. The van der Waals surface area contributed by atoms with Crippen molar-refractivity contribution in [1.29, 1.82) is 0 Å². The number of para-hydroxylation sites is 1. The van der Waals surface area contributed by atoms with E-state index in [1.54, 1.807) is 30.3 Å². The molecule has 0 aliphatic heterocycles. The minimum Gasteiger partial charge on any atom is -0.446 e. The maximum absolute atomic E-state index is 11.7. The highest BCUT2D eigenvalue weighted by atomic mass is 79.9. The third kappa shape index (κ3) is 2.19. The van der Waals surface area contributed by atoms with Crippen molar-refractivity contribution in [1.82, 2.24) is 9.97 Å². The number of sulfone groups is 1. The van der Waals surface area contributed by atoms with Crippen LogP contribution in [-0.4, -0.2) is 24.6 Å². The molecule has 0 saturated carbocycles. The van der Waals surface area contributed by atoms with Gasteiger partial charge in [0.25, 0.3) is 0 Å². The summed E-state index contributed by atoms with van der Waals surface area (Å²) in [5.41, 5.74) is 1.08. The van der Waals surface area contributed by atoms with Crippen molar-refractivity contribution in [3.05, 3.63) is 35.0 Å². The first-order chi connectivity index (χ1) is 8.95. The fourth-order valence-electron chi connectivity index (χ4n) is 1.86. The Balaban J connectivity index is 2.27. The van der Waals surface area contributed by atoms with Crippen LogP contribution in [0, 0.1) is 0 Å². The van der Waals surface area contributed by atoms with Crippen molar-refractivity contribution < 1.29 is 12.8 Å². The van der Waals surface area contributed by atoms with Crippen molar-refractivity contribution in [2.75, 3.05) is 6.26 Å². The summed E-state index contributed by atoms with van der Waals surface area (Å²) in [5.74, 6) is 1.04. The molecule has 0 unspecified atom stereocenters. The summed E-state index contributed by atoms with van der Waals surface area (Å²) in [7, 11) is -3.32. The van der Waals surface area contributed by atoms with Gasteiger partial charge in [-0.3, -0.25) is 0 Å². The van der Waals surface area contributed by atoms with Gasteiger partial charge in [0.15, 0.2) is 26.1 Å². The molecule has 0 aliphatic carbocycles. The molecule has 19 heavy (non-hydrogen) atoms. The molecule has 2 aromatic heterocycles. The number of hydrogen-bond donors (Lipinski definition) is 1. The van der Waals surface area contributed by atoms with Crippen LogP contribution in [0.4, 0.5) is 0 Å². The van der Waals surface area contributed by atoms with E-state index in [0.717, 1.165) is 0 Å². The maximum Gasteiger partial charge on any atom is 0.177 e. The van der Waals surface area contributed by atoms with Gasteiger partial charge in [-0.2, -0.15) is 0 Å². The first kappa shape index (κ1) is 12.4. The number of aromatic amines is 1. The summed E-state index contributed by atoms with van der Waals surface area (Å²) in [5, 5.41) is 0. The summed E-state index contributed by atoms with van der Waals surface area (Å²) in [6, 6.07) is 8.50. The standard InChI is InChI=1S/C12H9BrN2O3S/c1-19(16,17)9-4-2-3-7-11(9)15-12(14-7)8-5-6-10(13)18-8/h2-6H,1H3,(H,14,15). The van der Waals surface area contributed by atoms with Crippen molar-refractivity contribution in [3.63, 3.8) is 0 Å². The van der Waals surface area contributed by atoms with Crippen molar-refractivity contribution in [2.24, 2.45) is 0 Å². The zero-order valence-electron chi connectivity index (χ0n) is 9.84. The molecule has 3 aromatic rings. The van der Waals surface area contributed by atoms with Crippen molar-refractivity contribution >= 4 is 36.8 Å². The molecule has 0 bridgehead atoms. The summed E-state index contributed by atoms with van der Waals surface area (Å²) in [6.07, 6.45) is 1.17. The SMILES string of the molecule is CS(=O)(=O)c1cccc2[nH]c(-c3ccc(Br)o3)nc12. The zero-order valence-corrected chi connectivity index (χ0v) is 12.2. The van der Waals surface area contributed by atoms with Gasteiger partial charge in [-0.25, -0.2) is 13.4 Å². The number of H-pyrrole nitrogens is 1. The third-order valence-electron chi connectivity index (χ3n) is 2.68. The Morgan fingerprint density at radius 2 is 2.05 bits per heavy atom. The number of benzene rings is 1. The van der Waals surface area contributed by atoms with Crippen LogP contribution in [0.3, 0.4) is 0 Å². The maximum atomic E-state index is 11.7. The van der Waals surface area contributed by atoms with Gasteiger partial charge in [-0.15, -0.1) is 0 Å². The molecule has 5 nitrogen and oxygen atoms in total. The fourth-order valence-corrected chi connectivity index (χ4v) is 3.00.